The zero-order valence-electron chi connectivity index (χ0n) is 10.9. The number of nitrogens with one attached hydrogen (secondary N) is 3. The minimum Gasteiger partial charge on any atom is -0.366 e. The van der Waals surface area contributed by atoms with Gasteiger partial charge >= 0.3 is 0 Å². The van der Waals surface area contributed by atoms with E-state index in [-0.39, 0.29) is 0 Å². The maximum atomic E-state index is 4.38. The molecule has 3 rings (SSSR count). The quantitative estimate of drug-likeness (QED) is 0.775. The van der Waals surface area contributed by atoms with Crippen molar-refractivity contribution in [3.8, 4) is 0 Å². The predicted octanol–water partition coefficient (Wildman–Crippen LogP) is 1.35. The summed E-state index contributed by atoms with van der Waals surface area (Å²) in [6.07, 6.45) is 5.39. The molecule has 0 aliphatic carbocycles. The molecule has 19 heavy (non-hydrogen) atoms. The lowest BCUT2D eigenvalue weighted by atomic mass is 10.2. The first-order chi connectivity index (χ1) is 9.33. The van der Waals surface area contributed by atoms with E-state index in [0.29, 0.717) is 6.04 Å². The largest absolute Gasteiger partial charge is 0.366 e. The molecular formula is C13H18N6. The first-order valence-corrected chi connectivity index (χ1v) is 6.52. The van der Waals surface area contributed by atoms with Crippen LogP contribution >= 0.6 is 0 Å². The number of H-pyrrole nitrogens is 1. The number of hydrogen-bond acceptors (Lipinski definition) is 5. The second-order valence-corrected chi connectivity index (χ2v) is 4.73. The van der Waals surface area contributed by atoms with Gasteiger partial charge in [0, 0.05) is 44.1 Å². The Kier molecular flexibility index (Phi) is 3.33. The number of piperazine rings is 1. The maximum Gasteiger partial charge on any atom is 0.135 e. The minimum atomic E-state index is 0.448. The van der Waals surface area contributed by atoms with Crippen LogP contribution in [0, 0.1) is 0 Å². The van der Waals surface area contributed by atoms with Gasteiger partial charge in [-0.2, -0.15) is 0 Å². The average Bonchev–Trinajstić information content (AvgIpc) is 2.92. The first-order valence-electron chi connectivity index (χ1n) is 6.52. The molecule has 0 aromatic carbocycles. The van der Waals surface area contributed by atoms with Crippen LogP contribution in [0.2, 0.25) is 0 Å². The second-order valence-electron chi connectivity index (χ2n) is 4.73. The molecule has 1 aliphatic heterocycles. The van der Waals surface area contributed by atoms with Crippen molar-refractivity contribution in [2.45, 2.75) is 13.0 Å². The molecule has 1 fully saturated rings. The van der Waals surface area contributed by atoms with Crippen LogP contribution in [0.5, 0.6) is 0 Å². The number of nitrogens with zero attached hydrogens (tertiary/aromatic N) is 3. The van der Waals surface area contributed by atoms with Crippen molar-refractivity contribution in [2.75, 3.05) is 29.9 Å². The van der Waals surface area contributed by atoms with Crippen LogP contribution in [0.4, 0.5) is 17.3 Å². The van der Waals surface area contributed by atoms with E-state index < -0.39 is 0 Å². The Morgan fingerprint density at radius 3 is 3.16 bits per heavy atom. The number of aromatic nitrogens is 3. The van der Waals surface area contributed by atoms with Crippen molar-refractivity contribution < 1.29 is 0 Å². The van der Waals surface area contributed by atoms with Crippen molar-refractivity contribution in [3.63, 3.8) is 0 Å². The summed E-state index contributed by atoms with van der Waals surface area (Å²) in [5, 5.41) is 6.63. The normalized spacial score (nSPS) is 19.4. The van der Waals surface area contributed by atoms with Crippen LogP contribution in [0.15, 0.2) is 30.9 Å². The van der Waals surface area contributed by atoms with Crippen LogP contribution in [0.25, 0.3) is 0 Å². The van der Waals surface area contributed by atoms with E-state index in [1.807, 2.05) is 24.5 Å². The Hall–Kier alpha value is -2.08. The molecule has 1 atom stereocenters. The Morgan fingerprint density at radius 2 is 2.37 bits per heavy atom. The summed E-state index contributed by atoms with van der Waals surface area (Å²) in [5.74, 6) is 1.79. The minimum absolute atomic E-state index is 0.448. The van der Waals surface area contributed by atoms with Gasteiger partial charge in [-0.15, -0.1) is 0 Å². The average molecular weight is 258 g/mol. The third-order valence-electron chi connectivity index (χ3n) is 3.32. The zero-order chi connectivity index (χ0) is 13.1. The molecule has 2 aromatic rings. The van der Waals surface area contributed by atoms with E-state index in [0.717, 1.165) is 37.0 Å². The molecule has 0 spiro atoms. The summed E-state index contributed by atoms with van der Waals surface area (Å²) >= 11 is 0. The first kappa shape index (κ1) is 12.0. The van der Waals surface area contributed by atoms with Crippen molar-refractivity contribution in [1.82, 2.24) is 20.3 Å². The number of hydrogen-bond donors (Lipinski definition) is 3. The molecule has 3 heterocycles. The summed E-state index contributed by atoms with van der Waals surface area (Å²) in [7, 11) is 0. The van der Waals surface area contributed by atoms with Crippen molar-refractivity contribution in [2.24, 2.45) is 0 Å². The highest BCUT2D eigenvalue weighted by Crippen LogP contribution is 2.20. The summed E-state index contributed by atoms with van der Waals surface area (Å²) in [6.45, 7) is 5.16. The Balaban J connectivity index is 1.79. The highest BCUT2D eigenvalue weighted by Gasteiger charge is 2.19. The molecule has 0 saturated carbocycles. The van der Waals surface area contributed by atoms with Gasteiger partial charge in [0.25, 0.3) is 0 Å². The molecule has 6 heteroatoms. The van der Waals surface area contributed by atoms with Gasteiger partial charge in [0.05, 0.1) is 5.69 Å². The molecule has 0 bridgehead atoms. The fraction of sp³-hybridized carbons (Fsp3) is 0.385. The van der Waals surface area contributed by atoms with Gasteiger partial charge in [-0.25, -0.2) is 9.97 Å². The van der Waals surface area contributed by atoms with Crippen molar-refractivity contribution in [3.05, 3.63) is 30.9 Å². The second kappa shape index (κ2) is 5.27. The predicted molar refractivity (Wildman–Crippen MR) is 75.8 cm³/mol. The summed E-state index contributed by atoms with van der Waals surface area (Å²) in [4.78, 5) is 14.0. The Labute approximate surface area is 112 Å². The lowest BCUT2D eigenvalue weighted by Crippen LogP contribution is -2.50. The van der Waals surface area contributed by atoms with Gasteiger partial charge in [0.1, 0.15) is 18.0 Å². The summed E-state index contributed by atoms with van der Waals surface area (Å²) < 4.78 is 0. The van der Waals surface area contributed by atoms with Crippen LogP contribution in [0.1, 0.15) is 6.92 Å². The number of rotatable bonds is 3. The highest BCUT2D eigenvalue weighted by atomic mass is 15.3. The lowest BCUT2D eigenvalue weighted by molar-refractivity contribution is 0.497. The van der Waals surface area contributed by atoms with E-state index in [1.165, 1.54) is 0 Å². The third kappa shape index (κ3) is 2.68. The molecule has 3 N–H and O–H groups in total. The van der Waals surface area contributed by atoms with Gasteiger partial charge in [-0.05, 0) is 13.0 Å². The standard InChI is InChI=1S/C13H18N6/c1-10-7-15-4-5-19(10)13-6-12(16-9-17-13)18-11-2-3-14-8-11/h2-3,6,8-10,14-15H,4-5,7H2,1H3,(H,16,17,18). The smallest absolute Gasteiger partial charge is 0.135 e. The van der Waals surface area contributed by atoms with Crippen LogP contribution in [-0.2, 0) is 0 Å². The molecule has 2 aromatic heterocycles. The number of anilines is 3. The fourth-order valence-electron chi connectivity index (χ4n) is 2.30. The molecule has 1 unspecified atom stereocenters. The molecule has 1 saturated heterocycles. The molecular weight excluding hydrogens is 240 g/mol. The molecule has 6 nitrogen and oxygen atoms in total. The lowest BCUT2D eigenvalue weighted by Gasteiger charge is -2.34. The monoisotopic (exact) mass is 258 g/mol. The van der Waals surface area contributed by atoms with Gasteiger partial charge in [-0.1, -0.05) is 0 Å². The molecule has 1 aliphatic rings. The van der Waals surface area contributed by atoms with Gasteiger partial charge in [0.2, 0.25) is 0 Å². The van der Waals surface area contributed by atoms with Crippen LogP contribution in [-0.4, -0.2) is 40.6 Å². The molecule has 0 amide bonds. The SMILES string of the molecule is CC1CNCCN1c1cc(Nc2cc[nH]c2)ncn1. The van der Waals surface area contributed by atoms with Crippen LogP contribution < -0.4 is 15.5 Å². The van der Waals surface area contributed by atoms with Gasteiger partial charge in [-0.3, -0.25) is 0 Å². The molecule has 0 radical (unpaired) electrons. The van der Waals surface area contributed by atoms with Crippen molar-refractivity contribution in [1.29, 1.82) is 0 Å². The molecule has 100 valence electrons. The third-order valence-corrected chi connectivity index (χ3v) is 3.32. The van der Waals surface area contributed by atoms with E-state index in [4.69, 9.17) is 0 Å². The fourth-order valence-corrected chi connectivity index (χ4v) is 2.30. The Morgan fingerprint density at radius 1 is 1.42 bits per heavy atom. The van der Waals surface area contributed by atoms with Gasteiger partial charge < -0.3 is 20.5 Å². The van der Waals surface area contributed by atoms with Crippen LogP contribution in [0.3, 0.4) is 0 Å². The topological polar surface area (TPSA) is 68.9 Å². The highest BCUT2D eigenvalue weighted by molar-refractivity contribution is 5.58. The van der Waals surface area contributed by atoms with E-state index in [1.54, 1.807) is 6.33 Å². The summed E-state index contributed by atoms with van der Waals surface area (Å²) in [5.41, 5.74) is 0.998. The van der Waals surface area contributed by atoms with Crippen molar-refractivity contribution >= 4 is 17.3 Å². The number of aromatic amines is 1. The van der Waals surface area contributed by atoms with E-state index in [2.05, 4.69) is 37.4 Å². The van der Waals surface area contributed by atoms with E-state index in [9.17, 15) is 0 Å². The zero-order valence-corrected chi connectivity index (χ0v) is 10.9. The van der Waals surface area contributed by atoms with Gasteiger partial charge in [0.15, 0.2) is 0 Å². The maximum absolute atomic E-state index is 4.38. The van der Waals surface area contributed by atoms with E-state index >= 15 is 0 Å². The Bertz CT molecular complexity index is 524. The summed E-state index contributed by atoms with van der Waals surface area (Å²) in [6, 6.07) is 4.41.